The van der Waals surface area contributed by atoms with Gasteiger partial charge in [0.15, 0.2) is 6.29 Å². The van der Waals surface area contributed by atoms with E-state index in [1.54, 1.807) is 0 Å². The number of hydrogen-bond donors (Lipinski definition) is 4. The van der Waals surface area contributed by atoms with Gasteiger partial charge >= 0.3 is 0 Å². The fourth-order valence-corrected chi connectivity index (χ4v) is 4.47. The molecule has 2 unspecified atom stereocenters. The smallest absolute Gasteiger partial charge is 0.253 e. The first-order valence-electron chi connectivity index (χ1n) is 16.4. The van der Waals surface area contributed by atoms with E-state index in [-0.39, 0.29) is 62.0 Å². The lowest BCUT2D eigenvalue weighted by molar-refractivity contribution is -0.168. The van der Waals surface area contributed by atoms with Crippen LogP contribution in [0.4, 0.5) is 0 Å². The van der Waals surface area contributed by atoms with E-state index in [9.17, 15) is 33.9 Å². The number of Topliss-reactive ketones (excluding diaryl/α,β-unsaturated/α-hetero) is 1. The molecule has 1 aliphatic heterocycles. The van der Waals surface area contributed by atoms with Crippen LogP contribution in [-0.4, -0.2) is 111 Å². The summed E-state index contributed by atoms with van der Waals surface area (Å²) in [4.78, 5) is 71.9. The number of aliphatic hydroxyl groups excluding tert-OH is 1. The maximum Gasteiger partial charge on any atom is 0.253 e. The van der Waals surface area contributed by atoms with Crippen molar-refractivity contribution in [3.05, 3.63) is 12.2 Å². The van der Waals surface area contributed by atoms with Crippen LogP contribution in [0.1, 0.15) is 90.4 Å². The van der Waals surface area contributed by atoms with E-state index in [0.29, 0.717) is 71.4 Å². The van der Waals surface area contributed by atoms with Crippen molar-refractivity contribution in [1.82, 2.24) is 20.9 Å². The van der Waals surface area contributed by atoms with Crippen LogP contribution in [0.2, 0.25) is 0 Å². The lowest BCUT2D eigenvalue weighted by atomic mass is 10.1. The van der Waals surface area contributed by atoms with Gasteiger partial charge in [-0.1, -0.05) is 19.8 Å². The minimum atomic E-state index is -0.457. The number of ether oxygens (including phenoxy) is 3. The van der Waals surface area contributed by atoms with Crippen molar-refractivity contribution in [2.24, 2.45) is 0 Å². The summed E-state index contributed by atoms with van der Waals surface area (Å²) in [6.07, 6.45) is 8.70. The van der Waals surface area contributed by atoms with Gasteiger partial charge in [-0.15, -0.1) is 0 Å². The van der Waals surface area contributed by atoms with Gasteiger partial charge in [-0.3, -0.25) is 33.7 Å². The molecule has 0 aromatic rings. The first-order chi connectivity index (χ1) is 22.2. The van der Waals surface area contributed by atoms with E-state index in [2.05, 4.69) is 16.0 Å². The van der Waals surface area contributed by atoms with Crippen molar-refractivity contribution >= 4 is 35.3 Å². The second-order valence-corrected chi connectivity index (χ2v) is 11.0. The fourth-order valence-electron chi connectivity index (χ4n) is 4.47. The third-order valence-electron chi connectivity index (χ3n) is 7.26. The van der Waals surface area contributed by atoms with Crippen molar-refractivity contribution in [2.45, 2.75) is 103 Å². The van der Waals surface area contributed by atoms with E-state index in [4.69, 9.17) is 14.2 Å². The summed E-state index contributed by atoms with van der Waals surface area (Å²) < 4.78 is 16.4. The summed E-state index contributed by atoms with van der Waals surface area (Å²) in [6, 6.07) is 0. The van der Waals surface area contributed by atoms with Gasteiger partial charge in [-0.25, -0.2) is 0 Å². The van der Waals surface area contributed by atoms with Crippen LogP contribution in [0.15, 0.2) is 12.2 Å². The Morgan fingerprint density at radius 2 is 1.37 bits per heavy atom. The predicted octanol–water partition coefficient (Wildman–Crippen LogP) is 1.29. The number of amides is 5. The maximum absolute atomic E-state index is 12.1. The van der Waals surface area contributed by atoms with Crippen molar-refractivity contribution in [2.75, 3.05) is 53.1 Å². The molecule has 14 nitrogen and oxygen atoms in total. The minimum absolute atomic E-state index is 0.0768. The summed E-state index contributed by atoms with van der Waals surface area (Å²) in [7, 11) is 1.53. The molecule has 1 heterocycles. The van der Waals surface area contributed by atoms with E-state index < -0.39 is 18.1 Å². The van der Waals surface area contributed by atoms with Crippen molar-refractivity contribution < 1.29 is 48.1 Å². The first kappa shape index (κ1) is 40.8. The predicted molar refractivity (Wildman–Crippen MR) is 169 cm³/mol. The van der Waals surface area contributed by atoms with E-state index in [1.165, 1.54) is 19.3 Å². The van der Waals surface area contributed by atoms with Crippen LogP contribution in [0.3, 0.4) is 0 Å². The third kappa shape index (κ3) is 20.0. The highest BCUT2D eigenvalue weighted by atomic mass is 16.7. The van der Waals surface area contributed by atoms with Crippen molar-refractivity contribution in [3.63, 3.8) is 0 Å². The highest BCUT2D eigenvalue weighted by Crippen LogP contribution is 2.12. The van der Waals surface area contributed by atoms with Crippen molar-refractivity contribution in [3.8, 4) is 0 Å². The Hall–Kier alpha value is -3.20. The molecule has 0 radical (unpaired) electrons. The van der Waals surface area contributed by atoms with Gasteiger partial charge in [0.1, 0.15) is 5.78 Å². The molecule has 262 valence electrons. The molecular weight excluding hydrogens is 600 g/mol. The van der Waals surface area contributed by atoms with Crippen LogP contribution in [0, 0.1) is 0 Å². The molecule has 0 aromatic carbocycles. The summed E-state index contributed by atoms with van der Waals surface area (Å²) in [6.45, 7) is 3.90. The van der Waals surface area contributed by atoms with Gasteiger partial charge < -0.3 is 35.3 Å². The number of hydrogen-bond acceptors (Lipinski definition) is 10. The molecule has 46 heavy (non-hydrogen) atoms. The molecule has 0 saturated carbocycles. The Morgan fingerprint density at radius 1 is 0.761 bits per heavy atom. The zero-order chi connectivity index (χ0) is 34.0. The molecule has 0 bridgehead atoms. The number of nitrogens with one attached hydrogen (secondary N) is 3. The number of aliphatic hydroxyl groups is 1. The molecule has 1 aliphatic rings. The van der Waals surface area contributed by atoms with Gasteiger partial charge in [0, 0.05) is 84.2 Å². The van der Waals surface area contributed by atoms with E-state index in [1.807, 2.05) is 6.92 Å². The zero-order valence-electron chi connectivity index (χ0n) is 27.5. The lowest BCUT2D eigenvalue weighted by Crippen LogP contribution is -2.35. The van der Waals surface area contributed by atoms with Crippen LogP contribution in [0.25, 0.3) is 0 Å². The average Bonchev–Trinajstić information content (AvgIpc) is 3.36. The molecule has 4 N–H and O–H groups in total. The van der Waals surface area contributed by atoms with Gasteiger partial charge in [0.2, 0.25) is 17.7 Å². The molecule has 0 fully saturated rings. The molecule has 1 rings (SSSR count). The molecule has 0 aromatic heterocycles. The molecular formula is C32H54N4O10. The maximum atomic E-state index is 12.1. The normalized spacial score (nSPS) is 13.9. The number of unbranched alkanes of at least 4 members (excludes halogenated alkanes) is 3. The Morgan fingerprint density at radius 3 is 2.02 bits per heavy atom. The van der Waals surface area contributed by atoms with Crippen LogP contribution in [-0.2, 0) is 43.0 Å². The molecule has 0 saturated heterocycles. The monoisotopic (exact) mass is 654 g/mol. The quantitative estimate of drug-likeness (QED) is 0.0520. The number of imide groups is 1. The number of carbonyl (C=O) groups excluding carboxylic acids is 6. The summed E-state index contributed by atoms with van der Waals surface area (Å²) in [5.74, 6) is -1.22. The second kappa shape index (κ2) is 25.9. The van der Waals surface area contributed by atoms with E-state index in [0.717, 1.165) is 30.6 Å². The zero-order valence-corrected chi connectivity index (χ0v) is 27.5. The summed E-state index contributed by atoms with van der Waals surface area (Å²) in [5, 5.41) is 17.5. The summed E-state index contributed by atoms with van der Waals surface area (Å²) >= 11 is 0. The average molecular weight is 655 g/mol. The number of ketones is 1. The SMILES string of the molecule is CCC(CO)OC(CCCC(=O)CCCC(=O)NCCNC(=O)CCOCCCCCCNC(=O)CCN1C(=O)C=CC1=O)OC. The molecule has 5 amide bonds. The Bertz CT molecular complexity index is 953. The molecule has 0 aliphatic carbocycles. The highest BCUT2D eigenvalue weighted by Gasteiger charge is 2.23. The molecule has 2 atom stereocenters. The van der Waals surface area contributed by atoms with Gasteiger partial charge in [0.25, 0.3) is 11.8 Å². The van der Waals surface area contributed by atoms with Crippen LogP contribution in [0.5, 0.6) is 0 Å². The van der Waals surface area contributed by atoms with Crippen molar-refractivity contribution in [1.29, 1.82) is 0 Å². The Labute approximate surface area is 272 Å². The number of methoxy groups -OCH3 is 1. The Kier molecular flexibility index (Phi) is 23.0. The van der Waals surface area contributed by atoms with Gasteiger partial charge in [0.05, 0.1) is 19.3 Å². The lowest BCUT2D eigenvalue weighted by Gasteiger charge is -2.21. The van der Waals surface area contributed by atoms with Crippen LogP contribution >= 0.6 is 0 Å². The number of rotatable bonds is 29. The topological polar surface area (TPSA) is 190 Å². The molecule has 14 heteroatoms. The highest BCUT2D eigenvalue weighted by molar-refractivity contribution is 6.13. The van der Waals surface area contributed by atoms with Crippen LogP contribution < -0.4 is 16.0 Å². The Balaban J connectivity index is 1.90. The van der Waals surface area contributed by atoms with Gasteiger partial charge in [-0.2, -0.15) is 0 Å². The largest absolute Gasteiger partial charge is 0.394 e. The second-order valence-electron chi connectivity index (χ2n) is 11.0. The van der Waals surface area contributed by atoms with E-state index >= 15 is 0 Å². The number of nitrogens with zero attached hydrogens (tertiary/aromatic N) is 1. The third-order valence-corrected chi connectivity index (χ3v) is 7.26. The standard InChI is InChI=1S/C32H54N4O10/c1-3-26(24-37)46-32(44-2)13-9-11-25(38)10-8-12-27(39)34-19-20-35-29(41)17-23-45-22-7-5-4-6-18-33-28(40)16-21-36-30(42)14-15-31(36)43/h14-15,26,32,37H,3-13,16-24H2,1-2H3,(H,33,40)(H,34,39)(H,35,41). The fraction of sp³-hybridized carbons (Fsp3) is 0.750. The summed E-state index contributed by atoms with van der Waals surface area (Å²) in [5.41, 5.74) is 0. The number of carbonyl (C=O) groups is 6. The van der Waals surface area contributed by atoms with Gasteiger partial charge in [-0.05, 0) is 38.5 Å². The first-order valence-corrected chi connectivity index (χ1v) is 16.4. The minimum Gasteiger partial charge on any atom is -0.394 e. The molecule has 0 spiro atoms.